The third-order valence-electron chi connectivity index (χ3n) is 2.71. The Labute approximate surface area is 92.4 Å². The lowest BCUT2D eigenvalue weighted by Crippen LogP contribution is -1.94. The van der Waals surface area contributed by atoms with Gasteiger partial charge in [-0.1, -0.05) is 45.7 Å². The van der Waals surface area contributed by atoms with Crippen LogP contribution < -0.4 is 0 Å². The van der Waals surface area contributed by atoms with Gasteiger partial charge in [-0.05, 0) is 36.8 Å². The first-order valence-corrected chi connectivity index (χ1v) is 5.95. The maximum atomic E-state index is 6.14. The predicted molar refractivity (Wildman–Crippen MR) is 60.8 cm³/mol. The molecule has 0 heterocycles. The second kappa shape index (κ2) is 4.02. The molecule has 2 atom stereocenters. The second-order valence-corrected chi connectivity index (χ2v) is 5.33. The highest BCUT2D eigenvalue weighted by molar-refractivity contribution is 9.09. The largest absolute Gasteiger partial charge is 0.0890 e. The average molecular weight is 260 g/mol. The molecule has 1 aliphatic carbocycles. The molecule has 0 aromatic heterocycles. The highest BCUT2D eigenvalue weighted by Crippen LogP contribution is 2.40. The van der Waals surface area contributed by atoms with Gasteiger partial charge in [0.2, 0.25) is 0 Å². The summed E-state index contributed by atoms with van der Waals surface area (Å²) < 4.78 is 0. The lowest BCUT2D eigenvalue weighted by atomic mass is 9.98. The smallest absolute Gasteiger partial charge is 0.0440 e. The Morgan fingerprint density at radius 3 is 2.62 bits per heavy atom. The van der Waals surface area contributed by atoms with Crippen molar-refractivity contribution in [2.24, 2.45) is 0 Å². The molecule has 0 bridgehead atoms. The van der Waals surface area contributed by atoms with Crippen LogP contribution in [0.3, 0.4) is 0 Å². The zero-order chi connectivity index (χ0) is 9.26. The number of halogens is 2. The predicted octanol–water partition coefficient (Wildman–Crippen LogP) is 4.37. The number of alkyl halides is 1. The summed E-state index contributed by atoms with van der Waals surface area (Å²) in [5, 5.41) is 0.925. The monoisotopic (exact) mass is 258 g/mol. The Morgan fingerprint density at radius 1 is 1.23 bits per heavy atom. The first-order chi connectivity index (χ1) is 6.27. The SMILES string of the molecule is Clc1ccccc1C1CCC(Br)C1. The van der Waals surface area contributed by atoms with Crippen molar-refractivity contribution in [1.82, 2.24) is 0 Å². The minimum absolute atomic E-state index is 0.665. The molecule has 2 heteroatoms. The standard InChI is InChI=1S/C11H12BrCl/c12-9-6-5-8(7-9)10-3-1-2-4-11(10)13/h1-4,8-9H,5-7H2. The summed E-state index contributed by atoms with van der Waals surface area (Å²) in [6.45, 7) is 0. The quantitative estimate of drug-likeness (QED) is 0.657. The van der Waals surface area contributed by atoms with E-state index in [9.17, 15) is 0 Å². The molecule has 1 aromatic rings. The number of hydrogen-bond acceptors (Lipinski definition) is 0. The van der Waals surface area contributed by atoms with Gasteiger partial charge in [0.25, 0.3) is 0 Å². The summed E-state index contributed by atoms with van der Waals surface area (Å²) in [6.07, 6.45) is 3.76. The lowest BCUT2D eigenvalue weighted by molar-refractivity contribution is 0.726. The van der Waals surface area contributed by atoms with Gasteiger partial charge in [-0.15, -0.1) is 0 Å². The summed E-state index contributed by atoms with van der Waals surface area (Å²) in [5.74, 6) is 0.665. The van der Waals surface area contributed by atoms with Gasteiger partial charge in [-0.25, -0.2) is 0 Å². The van der Waals surface area contributed by atoms with Gasteiger partial charge in [0.1, 0.15) is 0 Å². The minimum Gasteiger partial charge on any atom is -0.0890 e. The lowest BCUT2D eigenvalue weighted by Gasteiger charge is -2.10. The Bertz CT molecular complexity index is 298. The van der Waals surface area contributed by atoms with Crippen LogP contribution in [0.15, 0.2) is 24.3 Å². The van der Waals surface area contributed by atoms with E-state index >= 15 is 0 Å². The van der Waals surface area contributed by atoms with Gasteiger partial charge in [0, 0.05) is 9.85 Å². The van der Waals surface area contributed by atoms with E-state index in [1.165, 1.54) is 24.8 Å². The maximum absolute atomic E-state index is 6.14. The molecule has 1 aliphatic rings. The van der Waals surface area contributed by atoms with Crippen molar-refractivity contribution < 1.29 is 0 Å². The molecular formula is C11H12BrCl. The summed E-state index contributed by atoms with van der Waals surface area (Å²) in [5.41, 5.74) is 1.33. The van der Waals surface area contributed by atoms with Crippen LogP contribution in [-0.2, 0) is 0 Å². The van der Waals surface area contributed by atoms with Crippen LogP contribution in [0.25, 0.3) is 0 Å². The van der Waals surface area contributed by atoms with Gasteiger partial charge in [-0.3, -0.25) is 0 Å². The summed E-state index contributed by atoms with van der Waals surface area (Å²) in [7, 11) is 0. The number of rotatable bonds is 1. The van der Waals surface area contributed by atoms with E-state index in [0.717, 1.165) is 5.02 Å². The van der Waals surface area contributed by atoms with E-state index in [1.807, 2.05) is 12.1 Å². The first kappa shape index (κ1) is 9.54. The van der Waals surface area contributed by atoms with Crippen molar-refractivity contribution in [3.8, 4) is 0 Å². The van der Waals surface area contributed by atoms with Gasteiger partial charge in [0.15, 0.2) is 0 Å². The second-order valence-electron chi connectivity index (χ2n) is 3.63. The minimum atomic E-state index is 0.665. The summed E-state index contributed by atoms with van der Waals surface area (Å²) >= 11 is 9.79. The van der Waals surface area contributed by atoms with E-state index in [0.29, 0.717) is 10.7 Å². The Morgan fingerprint density at radius 2 is 2.00 bits per heavy atom. The van der Waals surface area contributed by atoms with Gasteiger partial charge >= 0.3 is 0 Å². The normalized spacial score (nSPS) is 27.8. The van der Waals surface area contributed by atoms with Crippen LogP contribution in [-0.4, -0.2) is 4.83 Å². The molecule has 0 saturated heterocycles. The van der Waals surface area contributed by atoms with Crippen molar-refractivity contribution in [3.63, 3.8) is 0 Å². The molecule has 0 spiro atoms. The third-order valence-corrected chi connectivity index (χ3v) is 3.89. The molecule has 0 amide bonds. The van der Waals surface area contributed by atoms with E-state index in [4.69, 9.17) is 11.6 Å². The van der Waals surface area contributed by atoms with Crippen LogP contribution in [0.2, 0.25) is 5.02 Å². The molecular weight excluding hydrogens is 247 g/mol. The fourth-order valence-corrected chi connectivity index (χ4v) is 3.02. The van der Waals surface area contributed by atoms with Crippen molar-refractivity contribution in [2.45, 2.75) is 30.0 Å². The van der Waals surface area contributed by atoms with Crippen LogP contribution in [0.5, 0.6) is 0 Å². The van der Waals surface area contributed by atoms with Crippen LogP contribution in [0.1, 0.15) is 30.7 Å². The van der Waals surface area contributed by atoms with Crippen molar-refractivity contribution in [2.75, 3.05) is 0 Å². The molecule has 1 aromatic carbocycles. The van der Waals surface area contributed by atoms with E-state index in [-0.39, 0.29) is 0 Å². The molecule has 0 nitrogen and oxygen atoms in total. The summed E-state index contributed by atoms with van der Waals surface area (Å²) in [6, 6.07) is 8.20. The molecule has 2 unspecified atom stereocenters. The van der Waals surface area contributed by atoms with Gasteiger partial charge < -0.3 is 0 Å². The fourth-order valence-electron chi connectivity index (χ4n) is 2.02. The molecule has 1 saturated carbocycles. The van der Waals surface area contributed by atoms with Crippen molar-refractivity contribution >= 4 is 27.5 Å². The Kier molecular flexibility index (Phi) is 2.95. The van der Waals surface area contributed by atoms with Crippen LogP contribution >= 0.6 is 27.5 Å². The van der Waals surface area contributed by atoms with Gasteiger partial charge in [-0.2, -0.15) is 0 Å². The average Bonchev–Trinajstić information content (AvgIpc) is 2.53. The molecule has 2 rings (SSSR count). The Hall–Kier alpha value is -0.0100. The topological polar surface area (TPSA) is 0 Å². The molecule has 1 fully saturated rings. The van der Waals surface area contributed by atoms with E-state index < -0.39 is 0 Å². The molecule has 13 heavy (non-hydrogen) atoms. The Balaban J connectivity index is 2.21. The maximum Gasteiger partial charge on any atom is 0.0440 e. The van der Waals surface area contributed by atoms with E-state index in [2.05, 4.69) is 28.1 Å². The van der Waals surface area contributed by atoms with Crippen molar-refractivity contribution in [1.29, 1.82) is 0 Å². The third kappa shape index (κ3) is 2.08. The van der Waals surface area contributed by atoms with E-state index in [1.54, 1.807) is 0 Å². The molecule has 0 N–H and O–H groups in total. The first-order valence-electron chi connectivity index (χ1n) is 4.66. The highest BCUT2D eigenvalue weighted by atomic mass is 79.9. The van der Waals surface area contributed by atoms with Crippen LogP contribution in [0, 0.1) is 0 Å². The van der Waals surface area contributed by atoms with Gasteiger partial charge in [0.05, 0.1) is 0 Å². The zero-order valence-electron chi connectivity index (χ0n) is 7.34. The van der Waals surface area contributed by atoms with Crippen molar-refractivity contribution in [3.05, 3.63) is 34.9 Å². The van der Waals surface area contributed by atoms with Crippen LogP contribution in [0.4, 0.5) is 0 Å². The zero-order valence-corrected chi connectivity index (χ0v) is 9.68. The molecule has 0 radical (unpaired) electrons. The number of hydrogen-bond donors (Lipinski definition) is 0. The fraction of sp³-hybridized carbons (Fsp3) is 0.455. The molecule has 0 aliphatic heterocycles. The molecule has 70 valence electrons. The highest BCUT2D eigenvalue weighted by Gasteiger charge is 2.24. The number of benzene rings is 1. The summed E-state index contributed by atoms with van der Waals surface area (Å²) in [4.78, 5) is 0.689.